The first-order chi connectivity index (χ1) is 12.7. The van der Waals surface area contributed by atoms with E-state index in [1.54, 1.807) is 11.3 Å². The summed E-state index contributed by atoms with van der Waals surface area (Å²) in [6.45, 7) is 6.98. The average molecular weight is 499 g/mol. The number of carbonyl (C=O) groups is 1. The summed E-state index contributed by atoms with van der Waals surface area (Å²) in [6.07, 6.45) is 3.49. The Morgan fingerprint density at radius 2 is 2.07 bits per heavy atom. The van der Waals surface area contributed by atoms with Crippen molar-refractivity contribution in [2.24, 2.45) is 4.99 Å². The highest BCUT2D eigenvalue weighted by atomic mass is 127. The van der Waals surface area contributed by atoms with E-state index in [0.29, 0.717) is 19.5 Å². The number of rotatable bonds is 6. The van der Waals surface area contributed by atoms with Crippen LogP contribution in [0.25, 0.3) is 0 Å². The molecule has 6 nitrogen and oxygen atoms in total. The van der Waals surface area contributed by atoms with E-state index in [1.165, 1.54) is 4.88 Å². The first-order valence-electron chi connectivity index (χ1n) is 8.98. The first-order valence-corrected chi connectivity index (χ1v) is 9.80. The maximum atomic E-state index is 11.8. The van der Waals surface area contributed by atoms with Gasteiger partial charge in [0.05, 0.1) is 13.1 Å². The van der Waals surface area contributed by atoms with Crippen molar-refractivity contribution in [3.05, 3.63) is 45.9 Å². The highest BCUT2D eigenvalue weighted by Crippen LogP contribution is 2.21. The fraction of sp³-hybridized carbons (Fsp3) is 0.421. The molecule has 2 heterocycles. The number of aliphatic imine (C=N–C) groups is 1. The normalized spacial score (nSPS) is 14.2. The molecule has 0 radical (unpaired) electrons. The Morgan fingerprint density at radius 3 is 2.67 bits per heavy atom. The van der Waals surface area contributed by atoms with Crippen LogP contribution in [0.1, 0.15) is 35.2 Å². The van der Waals surface area contributed by atoms with Crippen molar-refractivity contribution >= 4 is 52.9 Å². The molecule has 0 aliphatic carbocycles. The van der Waals surface area contributed by atoms with Gasteiger partial charge >= 0.3 is 0 Å². The average Bonchev–Trinajstić information content (AvgIpc) is 3.26. The fourth-order valence-corrected chi connectivity index (χ4v) is 3.58. The molecule has 0 unspecified atom stereocenters. The zero-order valence-electron chi connectivity index (χ0n) is 15.7. The van der Waals surface area contributed by atoms with Gasteiger partial charge in [0.15, 0.2) is 5.96 Å². The Labute approximate surface area is 181 Å². The van der Waals surface area contributed by atoms with Gasteiger partial charge in [-0.1, -0.05) is 12.1 Å². The number of aromatic nitrogens is 1. The molecule has 1 amide bonds. The highest BCUT2D eigenvalue weighted by Gasteiger charge is 2.21. The summed E-state index contributed by atoms with van der Waals surface area (Å²) in [5.74, 6) is 0.992. The predicted octanol–water partition coefficient (Wildman–Crippen LogP) is 3.45. The Bertz CT molecular complexity index is 775. The summed E-state index contributed by atoms with van der Waals surface area (Å²) in [7, 11) is 0. The van der Waals surface area contributed by atoms with Gasteiger partial charge in [0.2, 0.25) is 5.91 Å². The lowest BCUT2D eigenvalue weighted by atomic mass is 10.2. The predicted molar refractivity (Wildman–Crippen MR) is 122 cm³/mol. The summed E-state index contributed by atoms with van der Waals surface area (Å²) in [4.78, 5) is 23.9. The van der Waals surface area contributed by atoms with Gasteiger partial charge in [0, 0.05) is 36.3 Å². The minimum absolute atomic E-state index is 0. The third-order valence-electron chi connectivity index (χ3n) is 4.16. The van der Waals surface area contributed by atoms with Crippen molar-refractivity contribution in [3.63, 3.8) is 0 Å². The minimum atomic E-state index is 0. The second-order valence-corrected chi connectivity index (χ2v) is 7.55. The molecule has 2 aromatic rings. The van der Waals surface area contributed by atoms with Gasteiger partial charge in [-0.25, -0.2) is 9.98 Å². The largest absolute Gasteiger partial charge is 0.357 e. The van der Waals surface area contributed by atoms with E-state index in [0.717, 1.165) is 41.7 Å². The number of aryl methyl sites for hydroxylation is 1. The molecule has 2 N–H and O–H groups in total. The summed E-state index contributed by atoms with van der Waals surface area (Å²) in [5, 5.41) is 7.62. The summed E-state index contributed by atoms with van der Waals surface area (Å²) in [6, 6.07) is 8.09. The maximum absolute atomic E-state index is 11.8. The first kappa shape index (κ1) is 21.6. The molecule has 8 heteroatoms. The van der Waals surface area contributed by atoms with Gasteiger partial charge in [-0.3, -0.25) is 4.79 Å². The van der Waals surface area contributed by atoms with Gasteiger partial charge in [-0.2, -0.15) is 0 Å². The molecule has 1 aliphatic rings. The van der Waals surface area contributed by atoms with Crippen LogP contribution in [0.15, 0.2) is 35.5 Å². The third-order valence-corrected chi connectivity index (χ3v) is 5.07. The van der Waals surface area contributed by atoms with Gasteiger partial charge in [-0.05, 0) is 38.0 Å². The van der Waals surface area contributed by atoms with Crippen LogP contribution in [-0.4, -0.2) is 29.9 Å². The lowest BCUT2D eigenvalue weighted by Gasteiger charge is -2.15. The monoisotopic (exact) mass is 499 g/mol. The third kappa shape index (κ3) is 6.17. The zero-order valence-corrected chi connectivity index (χ0v) is 18.8. The summed E-state index contributed by atoms with van der Waals surface area (Å²) < 4.78 is 0. The molecule has 0 bridgehead atoms. The van der Waals surface area contributed by atoms with Crippen LogP contribution in [-0.2, 0) is 17.9 Å². The number of hydrogen-bond acceptors (Lipinski definition) is 4. The van der Waals surface area contributed by atoms with Crippen LogP contribution >= 0.6 is 35.3 Å². The number of amides is 1. The molecular formula is C19H26IN5OS. The number of thiazole rings is 1. The van der Waals surface area contributed by atoms with Crippen LogP contribution < -0.4 is 15.5 Å². The van der Waals surface area contributed by atoms with Crippen LogP contribution in [0.2, 0.25) is 0 Å². The van der Waals surface area contributed by atoms with E-state index >= 15 is 0 Å². The molecule has 146 valence electrons. The van der Waals surface area contributed by atoms with Crippen molar-refractivity contribution in [1.82, 2.24) is 15.6 Å². The molecule has 1 aromatic carbocycles. The zero-order chi connectivity index (χ0) is 18.4. The van der Waals surface area contributed by atoms with Crippen LogP contribution in [0, 0.1) is 6.92 Å². The second-order valence-electron chi connectivity index (χ2n) is 6.23. The number of benzene rings is 1. The fourth-order valence-electron chi connectivity index (χ4n) is 2.86. The SMILES string of the molecule is CCNC(=NCc1ccc(N2CCCC2=O)cc1)NCc1ncc(C)s1.I. The molecular weight excluding hydrogens is 473 g/mol. The van der Waals surface area contributed by atoms with Gasteiger partial charge in [0.1, 0.15) is 5.01 Å². The second kappa shape index (κ2) is 10.6. The molecule has 1 aromatic heterocycles. The van der Waals surface area contributed by atoms with E-state index in [4.69, 9.17) is 0 Å². The van der Waals surface area contributed by atoms with Crippen molar-refractivity contribution in [3.8, 4) is 0 Å². The number of carbonyl (C=O) groups excluding carboxylic acids is 1. The van der Waals surface area contributed by atoms with E-state index in [9.17, 15) is 4.79 Å². The molecule has 1 saturated heterocycles. The van der Waals surface area contributed by atoms with E-state index in [2.05, 4.69) is 27.5 Å². The van der Waals surface area contributed by atoms with Gasteiger partial charge in [-0.15, -0.1) is 35.3 Å². The minimum Gasteiger partial charge on any atom is -0.357 e. The van der Waals surface area contributed by atoms with Crippen LogP contribution in [0.4, 0.5) is 5.69 Å². The topological polar surface area (TPSA) is 69.6 Å². The van der Waals surface area contributed by atoms with Crippen molar-refractivity contribution in [1.29, 1.82) is 0 Å². The molecule has 1 aliphatic heterocycles. The Morgan fingerprint density at radius 1 is 1.30 bits per heavy atom. The number of guanidine groups is 1. The quantitative estimate of drug-likeness (QED) is 0.363. The van der Waals surface area contributed by atoms with Gasteiger partial charge in [0.25, 0.3) is 0 Å². The summed E-state index contributed by atoms with van der Waals surface area (Å²) >= 11 is 1.69. The standard InChI is InChI=1S/C19H25N5OS.HI/c1-3-20-19(23-13-17-21-11-14(2)26-17)22-12-15-6-8-16(9-7-15)24-10-4-5-18(24)25;/h6-9,11H,3-5,10,12-13H2,1-2H3,(H2,20,22,23);1H. The lowest BCUT2D eigenvalue weighted by molar-refractivity contribution is -0.117. The molecule has 0 spiro atoms. The molecule has 3 rings (SSSR count). The van der Waals surface area contributed by atoms with Crippen molar-refractivity contribution in [2.75, 3.05) is 18.0 Å². The van der Waals surface area contributed by atoms with Crippen LogP contribution in [0.5, 0.6) is 0 Å². The number of anilines is 1. The lowest BCUT2D eigenvalue weighted by Crippen LogP contribution is -2.36. The maximum Gasteiger partial charge on any atom is 0.227 e. The molecule has 0 saturated carbocycles. The molecule has 1 fully saturated rings. The van der Waals surface area contributed by atoms with Crippen molar-refractivity contribution < 1.29 is 4.79 Å². The molecule has 27 heavy (non-hydrogen) atoms. The summed E-state index contributed by atoms with van der Waals surface area (Å²) in [5.41, 5.74) is 2.09. The van der Waals surface area contributed by atoms with Gasteiger partial charge < -0.3 is 15.5 Å². The van der Waals surface area contributed by atoms with E-state index in [1.807, 2.05) is 42.3 Å². The number of halogens is 1. The van der Waals surface area contributed by atoms with Crippen LogP contribution in [0.3, 0.4) is 0 Å². The smallest absolute Gasteiger partial charge is 0.227 e. The Hall–Kier alpha value is -1.68. The number of nitrogens with zero attached hydrogens (tertiary/aromatic N) is 3. The molecule has 0 atom stereocenters. The highest BCUT2D eigenvalue weighted by molar-refractivity contribution is 14.0. The van der Waals surface area contributed by atoms with E-state index < -0.39 is 0 Å². The number of nitrogens with one attached hydrogen (secondary N) is 2. The van der Waals surface area contributed by atoms with Crippen molar-refractivity contribution in [2.45, 2.75) is 39.8 Å². The Kier molecular flexibility index (Phi) is 8.49. The Balaban J connectivity index is 0.00000261. The van der Waals surface area contributed by atoms with E-state index in [-0.39, 0.29) is 29.9 Å². The number of hydrogen-bond donors (Lipinski definition) is 2.